The number of nitrogens with zero attached hydrogens (tertiary/aromatic N) is 1. The summed E-state index contributed by atoms with van der Waals surface area (Å²) < 4.78 is 2.54. The molecule has 0 atom stereocenters. The lowest BCUT2D eigenvalue weighted by Gasteiger charge is -2.23. The Labute approximate surface area is 290 Å². The molecular weight excluding hydrogens is 603 g/mol. The van der Waals surface area contributed by atoms with Crippen molar-refractivity contribution in [2.75, 3.05) is 0 Å². The summed E-state index contributed by atoms with van der Waals surface area (Å²) in [6, 6.07) is 65.3. The third-order valence-corrected chi connectivity index (χ3v) is 11.0. The molecule has 50 heavy (non-hydrogen) atoms. The molecule has 0 radical (unpaired) electrons. The van der Waals surface area contributed by atoms with Crippen molar-refractivity contribution in [3.05, 3.63) is 181 Å². The van der Waals surface area contributed by atoms with Crippen LogP contribution in [0, 0.1) is 0 Å². The lowest BCUT2D eigenvalue weighted by Crippen LogP contribution is -2.07. The molecule has 0 fully saturated rings. The third-order valence-electron chi connectivity index (χ3n) is 11.0. The van der Waals surface area contributed by atoms with E-state index < -0.39 is 0 Å². The van der Waals surface area contributed by atoms with E-state index in [0.717, 1.165) is 6.54 Å². The minimum absolute atomic E-state index is 0.852. The molecule has 232 valence electrons. The van der Waals surface area contributed by atoms with E-state index in [4.69, 9.17) is 0 Å². The van der Waals surface area contributed by atoms with Gasteiger partial charge in [0.15, 0.2) is 0 Å². The fourth-order valence-corrected chi connectivity index (χ4v) is 8.55. The average Bonchev–Trinajstić information content (AvgIpc) is 3.50. The Balaban J connectivity index is 1.15. The molecule has 0 bridgehead atoms. The van der Waals surface area contributed by atoms with Crippen LogP contribution in [0.2, 0.25) is 0 Å². The van der Waals surface area contributed by atoms with Gasteiger partial charge in [-0.2, -0.15) is 0 Å². The summed E-state index contributed by atoms with van der Waals surface area (Å²) in [4.78, 5) is 0. The van der Waals surface area contributed by atoms with Gasteiger partial charge in [-0.25, -0.2) is 0 Å². The van der Waals surface area contributed by atoms with Gasteiger partial charge in [0.05, 0.1) is 5.52 Å². The van der Waals surface area contributed by atoms with E-state index >= 15 is 0 Å². The van der Waals surface area contributed by atoms with E-state index in [1.807, 2.05) is 0 Å². The maximum absolute atomic E-state index is 2.54. The van der Waals surface area contributed by atoms with E-state index in [2.05, 4.69) is 180 Å². The van der Waals surface area contributed by atoms with Gasteiger partial charge < -0.3 is 4.57 Å². The van der Waals surface area contributed by atoms with E-state index in [0.29, 0.717) is 0 Å². The molecule has 1 aliphatic heterocycles. The smallest absolute Gasteiger partial charge is 0.0574 e. The molecule has 1 nitrogen and oxygen atoms in total. The van der Waals surface area contributed by atoms with Gasteiger partial charge in [0.1, 0.15) is 0 Å². The first-order chi connectivity index (χ1) is 24.8. The zero-order valence-corrected chi connectivity index (χ0v) is 27.4. The zero-order valence-electron chi connectivity index (χ0n) is 27.4. The standard InChI is InChI=1S/C49H31N/c1-3-10-31(11-4-1)35-21-23-48-45(26-35)47-29-39(32-12-5-2-6-13-32)28-46-44-27-37(18-19-38(44)30-50(48)49(46)47)40-16-9-17-41-42(40)22-20-36-24-33-14-7-8-15-34(33)25-43(36)41/h1-29H,30H2. The Hall–Kier alpha value is -6.44. The van der Waals surface area contributed by atoms with Crippen LogP contribution in [-0.4, -0.2) is 4.57 Å². The van der Waals surface area contributed by atoms with Crippen molar-refractivity contribution in [3.63, 3.8) is 0 Å². The van der Waals surface area contributed by atoms with E-state index in [1.54, 1.807) is 0 Å². The van der Waals surface area contributed by atoms with Crippen LogP contribution in [0.3, 0.4) is 0 Å². The number of hydrogen-bond acceptors (Lipinski definition) is 0. The van der Waals surface area contributed by atoms with Crippen molar-refractivity contribution >= 4 is 54.1 Å². The molecule has 0 spiro atoms. The Kier molecular flexibility index (Phi) is 5.79. The Morgan fingerprint density at radius 1 is 0.320 bits per heavy atom. The molecule has 9 aromatic carbocycles. The maximum atomic E-state index is 2.54. The van der Waals surface area contributed by atoms with E-state index in [-0.39, 0.29) is 0 Å². The average molecular weight is 634 g/mol. The van der Waals surface area contributed by atoms with Gasteiger partial charge in [-0.1, -0.05) is 133 Å². The van der Waals surface area contributed by atoms with Gasteiger partial charge in [-0.3, -0.25) is 0 Å². The van der Waals surface area contributed by atoms with E-state index in [1.165, 1.54) is 104 Å². The number of rotatable bonds is 3. The highest BCUT2D eigenvalue weighted by atomic mass is 15.0. The highest BCUT2D eigenvalue weighted by Crippen LogP contribution is 2.46. The SMILES string of the molecule is c1ccc(-c2ccc3c(c2)c2cc(-c4ccccc4)cc4c2n3Cc2ccc(-c3cccc5c3ccc3cc6ccccc6cc35)cc2-4)cc1. The fraction of sp³-hybridized carbons (Fsp3) is 0.0204. The summed E-state index contributed by atoms with van der Waals surface area (Å²) in [6.45, 7) is 0.852. The molecule has 10 aromatic rings. The molecule has 0 unspecified atom stereocenters. The molecule has 0 aliphatic carbocycles. The Morgan fingerprint density at radius 2 is 1.02 bits per heavy atom. The van der Waals surface area contributed by atoms with Gasteiger partial charge in [-0.05, 0) is 119 Å². The molecule has 1 aromatic heterocycles. The maximum Gasteiger partial charge on any atom is 0.0574 e. The van der Waals surface area contributed by atoms with Gasteiger partial charge >= 0.3 is 0 Å². The molecular formula is C49H31N. The van der Waals surface area contributed by atoms with Crippen LogP contribution in [0.5, 0.6) is 0 Å². The number of benzene rings is 9. The van der Waals surface area contributed by atoms with Gasteiger partial charge in [-0.15, -0.1) is 0 Å². The Bertz CT molecular complexity index is 2980. The summed E-state index contributed by atoms with van der Waals surface area (Å²) in [7, 11) is 0. The molecule has 0 saturated heterocycles. The second kappa shape index (κ2) is 10.5. The highest BCUT2D eigenvalue weighted by molar-refractivity contribution is 6.17. The quantitative estimate of drug-likeness (QED) is 0.135. The lowest BCUT2D eigenvalue weighted by atomic mass is 9.87. The first-order valence-electron chi connectivity index (χ1n) is 17.5. The fourth-order valence-electron chi connectivity index (χ4n) is 8.55. The van der Waals surface area contributed by atoms with Crippen LogP contribution in [-0.2, 0) is 6.54 Å². The largest absolute Gasteiger partial charge is 0.335 e. The van der Waals surface area contributed by atoms with Crippen LogP contribution in [0.15, 0.2) is 176 Å². The van der Waals surface area contributed by atoms with Crippen molar-refractivity contribution in [1.82, 2.24) is 4.57 Å². The van der Waals surface area contributed by atoms with Crippen LogP contribution in [0.1, 0.15) is 5.56 Å². The van der Waals surface area contributed by atoms with Crippen LogP contribution in [0.25, 0.3) is 98.6 Å². The van der Waals surface area contributed by atoms with Crippen molar-refractivity contribution in [1.29, 1.82) is 0 Å². The Morgan fingerprint density at radius 3 is 1.84 bits per heavy atom. The summed E-state index contributed by atoms with van der Waals surface area (Å²) >= 11 is 0. The van der Waals surface area contributed by atoms with E-state index in [9.17, 15) is 0 Å². The minimum Gasteiger partial charge on any atom is -0.335 e. The lowest BCUT2D eigenvalue weighted by molar-refractivity contribution is 0.861. The monoisotopic (exact) mass is 633 g/mol. The van der Waals surface area contributed by atoms with Crippen LogP contribution < -0.4 is 0 Å². The molecule has 1 heteroatoms. The molecule has 1 aliphatic rings. The topological polar surface area (TPSA) is 4.93 Å². The molecule has 0 saturated carbocycles. The van der Waals surface area contributed by atoms with Crippen LogP contribution >= 0.6 is 0 Å². The second-order valence-corrected chi connectivity index (χ2v) is 13.7. The zero-order chi connectivity index (χ0) is 32.8. The van der Waals surface area contributed by atoms with Crippen molar-refractivity contribution in [2.24, 2.45) is 0 Å². The van der Waals surface area contributed by atoms with Crippen LogP contribution in [0.4, 0.5) is 0 Å². The normalized spacial score (nSPS) is 12.3. The number of hydrogen-bond donors (Lipinski definition) is 0. The summed E-state index contributed by atoms with van der Waals surface area (Å²) in [5, 5.41) is 10.3. The highest BCUT2D eigenvalue weighted by Gasteiger charge is 2.24. The minimum atomic E-state index is 0.852. The summed E-state index contributed by atoms with van der Waals surface area (Å²) in [6.07, 6.45) is 0. The van der Waals surface area contributed by atoms with Crippen molar-refractivity contribution in [3.8, 4) is 44.5 Å². The first-order valence-corrected chi connectivity index (χ1v) is 17.5. The molecule has 11 rings (SSSR count). The predicted molar refractivity (Wildman–Crippen MR) is 213 cm³/mol. The summed E-state index contributed by atoms with van der Waals surface area (Å²) in [5.74, 6) is 0. The second-order valence-electron chi connectivity index (χ2n) is 13.7. The van der Waals surface area contributed by atoms with Gasteiger partial charge in [0, 0.05) is 28.4 Å². The summed E-state index contributed by atoms with van der Waals surface area (Å²) in [5.41, 5.74) is 14.1. The molecule has 0 N–H and O–H groups in total. The number of aromatic nitrogens is 1. The number of fused-ring (bicyclic) bond motifs is 9. The third kappa shape index (κ3) is 4.07. The van der Waals surface area contributed by atoms with Gasteiger partial charge in [0.2, 0.25) is 0 Å². The molecule has 0 amide bonds. The van der Waals surface area contributed by atoms with Gasteiger partial charge in [0.25, 0.3) is 0 Å². The predicted octanol–water partition coefficient (Wildman–Crippen LogP) is 13.3. The first kappa shape index (κ1) is 27.5. The molecule has 2 heterocycles. The van der Waals surface area contributed by atoms with Crippen molar-refractivity contribution < 1.29 is 0 Å². The van der Waals surface area contributed by atoms with Crippen molar-refractivity contribution in [2.45, 2.75) is 6.54 Å².